The van der Waals surface area contributed by atoms with Gasteiger partial charge in [-0.1, -0.05) is 218 Å². The first-order valence-electron chi connectivity index (χ1n) is 20.1. The van der Waals surface area contributed by atoms with Crippen molar-refractivity contribution in [2.75, 3.05) is 0 Å². The van der Waals surface area contributed by atoms with E-state index < -0.39 is 0 Å². The molecule has 0 heterocycles. The Morgan fingerprint density at radius 1 is 0.172 bits per heavy atom. The highest BCUT2D eigenvalue weighted by atomic mass is 14.2. The van der Waals surface area contributed by atoms with Gasteiger partial charge in [0, 0.05) is 0 Å². The van der Waals surface area contributed by atoms with Gasteiger partial charge in [0.15, 0.2) is 0 Å². The molecule has 0 saturated carbocycles. The molecule has 0 nitrogen and oxygen atoms in total. The quantitative estimate of drug-likeness (QED) is 0.149. The third-order valence-electron chi connectivity index (χ3n) is 11.9. The van der Waals surface area contributed by atoms with Crippen LogP contribution in [0.15, 0.2) is 231 Å². The van der Waals surface area contributed by atoms with Crippen LogP contribution in [-0.2, 0) is 0 Å². The molecule has 0 saturated heterocycles. The lowest BCUT2D eigenvalue weighted by Crippen LogP contribution is -1.92. The predicted octanol–water partition coefficient (Wildman–Crippen LogP) is 16.3. The summed E-state index contributed by atoms with van der Waals surface area (Å²) in [5.41, 5.74) is 14.7. The highest BCUT2D eigenvalue weighted by Gasteiger charge is 2.19. The van der Waals surface area contributed by atoms with Crippen molar-refractivity contribution in [3.63, 3.8) is 0 Å². The Bertz CT molecular complexity index is 3230. The van der Waals surface area contributed by atoms with Crippen molar-refractivity contribution in [2.45, 2.75) is 0 Å². The highest BCUT2D eigenvalue weighted by Crippen LogP contribution is 2.46. The SMILES string of the molecule is c1ccc(-c2ccc(-c3ccc(-c4c(-c5ccc6ccccc6c5)ccc5ccc(-c6c7ccccc7c(-c7ccccc7)c7ccccc67)cc45)cc3)cc2)cc1. The molecular weight excluding hydrogens is 697 g/mol. The summed E-state index contributed by atoms with van der Waals surface area (Å²) in [6.45, 7) is 0. The van der Waals surface area contributed by atoms with Crippen molar-refractivity contribution in [3.05, 3.63) is 231 Å². The second kappa shape index (κ2) is 14.2. The van der Waals surface area contributed by atoms with Gasteiger partial charge in [0.05, 0.1) is 0 Å². The van der Waals surface area contributed by atoms with Crippen LogP contribution in [0.1, 0.15) is 0 Å². The Morgan fingerprint density at radius 3 is 1.14 bits per heavy atom. The lowest BCUT2D eigenvalue weighted by molar-refractivity contribution is 1.58. The number of hydrogen-bond acceptors (Lipinski definition) is 0. The first-order chi connectivity index (χ1) is 28.8. The maximum absolute atomic E-state index is 2.45. The van der Waals surface area contributed by atoms with E-state index in [1.807, 2.05) is 0 Å². The first-order valence-corrected chi connectivity index (χ1v) is 20.1. The molecule has 11 aromatic carbocycles. The second-order valence-electron chi connectivity index (χ2n) is 15.2. The summed E-state index contributed by atoms with van der Waals surface area (Å²) in [5.74, 6) is 0. The minimum Gasteiger partial charge on any atom is -0.0622 e. The van der Waals surface area contributed by atoms with Crippen molar-refractivity contribution < 1.29 is 0 Å². The summed E-state index contributed by atoms with van der Waals surface area (Å²) in [6, 6.07) is 84.6. The van der Waals surface area contributed by atoms with Gasteiger partial charge < -0.3 is 0 Å². The van der Waals surface area contributed by atoms with E-state index in [9.17, 15) is 0 Å². The van der Waals surface area contributed by atoms with Crippen molar-refractivity contribution in [2.24, 2.45) is 0 Å². The van der Waals surface area contributed by atoms with Crippen LogP contribution in [0.5, 0.6) is 0 Å². The van der Waals surface area contributed by atoms with Crippen LogP contribution in [0.3, 0.4) is 0 Å². The maximum atomic E-state index is 2.45. The maximum Gasteiger partial charge on any atom is -0.00261 e. The molecular formula is C58H38. The van der Waals surface area contributed by atoms with Gasteiger partial charge in [0.25, 0.3) is 0 Å². The van der Waals surface area contributed by atoms with E-state index in [-0.39, 0.29) is 0 Å². The zero-order chi connectivity index (χ0) is 38.4. The zero-order valence-corrected chi connectivity index (χ0v) is 31.9. The fourth-order valence-electron chi connectivity index (χ4n) is 9.05. The van der Waals surface area contributed by atoms with Crippen LogP contribution >= 0.6 is 0 Å². The van der Waals surface area contributed by atoms with Crippen molar-refractivity contribution >= 4 is 43.1 Å². The smallest absolute Gasteiger partial charge is 0.00261 e. The Balaban J connectivity index is 1.12. The van der Waals surface area contributed by atoms with Gasteiger partial charge in [-0.15, -0.1) is 0 Å². The molecule has 0 radical (unpaired) electrons. The molecule has 0 aliphatic heterocycles. The Hall–Kier alpha value is -7.54. The lowest BCUT2D eigenvalue weighted by Gasteiger charge is -2.19. The van der Waals surface area contributed by atoms with Crippen LogP contribution in [0.25, 0.3) is 110 Å². The molecule has 0 aliphatic rings. The van der Waals surface area contributed by atoms with Gasteiger partial charge in [-0.05, 0) is 122 Å². The van der Waals surface area contributed by atoms with Gasteiger partial charge in [0.1, 0.15) is 0 Å². The lowest BCUT2D eigenvalue weighted by atomic mass is 9.84. The average Bonchev–Trinajstić information content (AvgIpc) is 3.30. The molecule has 0 N–H and O–H groups in total. The molecule has 11 rings (SSSR count). The van der Waals surface area contributed by atoms with E-state index in [1.54, 1.807) is 0 Å². The van der Waals surface area contributed by atoms with Crippen LogP contribution in [0.4, 0.5) is 0 Å². The largest absolute Gasteiger partial charge is 0.0622 e. The molecule has 0 bridgehead atoms. The number of benzene rings is 11. The molecule has 0 aliphatic carbocycles. The van der Waals surface area contributed by atoms with Crippen LogP contribution < -0.4 is 0 Å². The predicted molar refractivity (Wildman–Crippen MR) is 249 cm³/mol. The number of rotatable bonds is 6. The van der Waals surface area contributed by atoms with Gasteiger partial charge >= 0.3 is 0 Å². The summed E-state index contributed by atoms with van der Waals surface area (Å²) in [4.78, 5) is 0. The van der Waals surface area contributed by atoms with Crippen LogP contribution in [0.2, 0.25) is 0 Å². The van der Waals surface area contributed by atoms with Crippen molar-refractivity contribution in [1.29, 1.82) is 0 Å². The summed E-state index contributed by atoms with van der Waals surface area (Å²) >= 11 is 0. The van der Waals surface area contributed by atoms with Crippen LogP contribution in [0, 0.1) is 0 Å². The van der Waals surface area contributed by atoms with E-state index >= 15 is 0 Å². The minimum absolute atomic E-state index is 1.20. The molecule has 0 amide bonds. The third kappa shape index (κ3) is 5.86. The monoisotopic (exact) mass is 734 g/mol. The molecule has 0 fully saturated rings. The summed E-state index contributed by atoms with van der Waals surface area (Å²) in [6.07, 6.45) is 0. The summed E-state index contributed by atoms with van der Waals surface area (Å²) < 4.78 is 0. The van der Waals surface area contributed by atoms with E-state index in [1.165, 1.54) is 110 Å². The fraction of sp³-hybridized carbons (Fsp3) is 0. The second-order valence-corrected chi connectivity index (χ2v) is 15.2. The van der Waals surface area contributed by atoms with E-state index in [2.05, 4.69) is 231 Å². The van der Waals surface area contributed by atoms with Crippen molar-refractivity contribution in [3.8, 4) is 66.8 Å². The van der Waals surface area contributed by atoms with Gasteiger partial charge in [-0.25, -0.2) is 0 Å². The van der Waals surface area contributed by atoms with Gasteiger partial charge in [0.2, 0.25) is 0 Å². The zero-order valence-electron chi connectivity index (χ0n) is 31.9. The summed E-state index contributed by atoms with van der Waals surface area (Å²) in [5, 5.41) is 9.99. The summed E-state index contributed by atoms with van der Waals surface area (Å²) in [7, 11) is 0. The van der Waals surface area contributed by atoms with E-state index in [0.29, 0.717) is 0 Å². The van der Waals surface area contributed by atoms with Crippen molar-refractivity contribution in [1.82, 2.24) is 0 Å². The normalized spacial score (nSPS) is 11.4. The minimum atomic E-state index is 1.20. The molecule has 58 heavy (non-hydrogen) atoms. The Labute approximate surface area is 339 Å². The van der Waals surface area contributed by atoms with Gasteiger partial charge in [-0.2, -0.15) is 0 Å². The topological polar surface area (TPSA) is 0 Å². The Kier molecular flexibility index (Phi) is 8.26. The molecule has 0 unspecified atom stereocenters. The average molecular weight is 735 g/mol. The standard InChI is InChI=1S/C58H38/c1-3-13-39(14-4-1)41-23-25-42(26-24-41)43-27-31-46(32-28-43)56-50(48-33-29-40-15-7-8-18-47(40)37-48)36-35-44-30-34-49(38-55(44)56)58-53-21-11-9-19-51(53)57(45-16-5-2-6-17-45)52-20-10-12-22-54(52)58/h1-38H. The molecule has 0 aromatic heterocycles. The number of fused-ring (bicyclic) bond motifs is 4. The number of hydrogen-bond donors (Lipinski definition) is 0. The molecule has 11 aromatic rings. The van der Waals surface area contributed by atoms with Crippen LogP contribution in [-0.4, -0.2) is 0 Å². The highest BCUT2D eigenvalue weighted by molar-refractivity contribution is 6.22. The molecule has 0 spiro atoms. The Morgan fingerprint density at radius 2 is 0.552 bits per heavy atom. The molecule has 0 atom stereocenters. The fourth-order valence-corrected chi connectivity index (χ4v) is 9.05. The molecule has 0 heteroatoms. The molecule has 270 valence electrons. The third-order valence-corrected chi connectivity index (χ3v) is 11.9. The van der Waals surface area contributed by atoms with Gasteiger partial charge in [-0.3, -0.25) is 0 Å². The van der Waals surface area contributed by atoms with E-state index in [4.69, 9.17) is 0 Å². The van der Waals surface area contributed by atoms with E-state index in [0.717, 1.165) is 0 Å². The first kappa shape index (κ1) is 33.8.